The lowest BCUT2D eigenvalue weighted by Crippen LogP contribution is -2.38. The molecule has 1 saturated heterocycles. The zero-order valence-electron chi connectivity index (χ0n) is 19.7. The van der Waals surface area contributed by atoms with Crippen LogP contribution >= 0.6 is 0 Å². The highest BCUT2D eigenvalue weighted by Gasteiger charge is 2.39. The molecule has 9 nitrogen and oxygen atoms in total. The predicted octanol–water partition coefficient (Wildman–Crippen LogP) is 3.19. The number of aryl methyl sites for hydroxylation is 1. The van der Waals surface area contributed by atoms with Gasteiger partial charge in [0.1, 0.15) is 6.04 Å². The van der Waals surface area contributed by atoms with Crippen molar-refractivity contribution in [2.24, 2.45) is 0 Å². The summed E-state index contributed by atoms with van der Waals surface area (Å²) in [6.45, 7) is 0.0736. The smallest absolute Gasteiger partial charge is 0.325 e. The topological polar surface area (TPSA) is 113 Å². The molecule has 0 radical (unpaired) electrons. The number of methoxy groups -OCH3 is 2. The molecule has 5 rings (SSSR count). The zero-order valence-corrected chi connectivity index (χ0v) is 19.7. The van der Waals surface area contributed by atoms with E-state index in [-0.39, 0.29) is 24.9 Å². The molecule has 2 atom stereocenters. The highest BCUT2D eigenvalue weighted by atomic mass is 16.5. The first kappa shape index (κ1) is 22.8. The number of hydrogen-bond acceptors (Lipinski definition) is 5. The number of carbonyl (C=O) groups is 3. The van der Waals surface area contributed by atoms with E-state index in [9.17, 15) is 14.4 Å². The van der Waals surface area contributed by atoms with Gasteiger partial charge in [-0.25, -0.2) is 4.79 Å². The van der Waals surface area contributed by atoms with Gasteiger partial charge >= 0.3 is 6.03 Å². The van der Waals surface area contributed by atoms with Gasteiger partial charge < -0.3 is 25.1 Å². The third kappa shape index (κ3) is 4.29. The molecule has 0 unspecified atom stereocenters. The van der Waals surface area contributed by atoms with Gasteiger partial charge in [0.15, 0.2) is 11.5 Å². The molecule has 4 amide bonds. The molecule has 1 fully saturated rings. The number of nitrogens with one attached hydrogen (secondary N) is 3. The summed E-state index contributed by atoms with van der Waals surface area (Å²) in [6.07, 6.45) is 2.65. The lowest BCUT2D eigenvalue weighted by atomic mass is 9.91. The summed E-state index contributed by atoms with van der Waals surface area (Å²) >= 11 is 0. The van der Waals surface area contributed by atoms with Crippen molar-refractivity contribution in [1.29, 1.82) is 0 Å². The van der Waals surface area contributed by atoms with Crippen LogP contribution in [0, 0.1) is 0 Å². The van der Waals surface area contributed by atoms with Crippen molar-refractivity contribution in [3.63, 3.8) is 0 Å². The normalized spacial score (nSPS) is 19.4. The second-order valence-corrected chi connectivity index (χ2v) is 8.90. The van der Waals surface area contributed by atoms with Gasteiger partial charge in [0.05, 0.1) is 33.2 Å². The van der Waals surface area contributed by atoms with Gasteiger partial charge in [0, 0.05) is 16.6 Å². The van der Waals surface area contributed by atoms with Gasteiger partial charge in [-0.05, 0) is 48.6 Å². The first-order valence-electron chi connectivity index (χ1n) is 11.7. The minimum Gasteiger partial charge on any atom is -0.493 e. The molecular formula is C26H28N4O5. The molecule has 1 aromatic heterocycles. The van der Waals surface area contributed by atoms with E-state index in [0.717, 1.165) is 35.4 Å². The molecule has 3 N–H and O–H groups in total. The monoisotopic (exact) mass is 476 g/mol. The lowest BCUT2D eigenvalue weighted by Gasteiger charge is -2.24. The van der Waals surface area contributed by atoms with Crippen LogP contribution < -0.4 is 20.1 Å². The van der Waals surface area contributed by atoms with Gasteiger partial charge in [-0.3, -0.25) is 14.5 Å². The molecule has 1 aliphatic heterocycles. The summed E-state index contributed by atoms with van der Waals surface area (Å²) in [6, 6.07) is 11.8. The Balaban J connectivity index is 1.24. The summed E-state index contributed by atoms with van der Waals surface area (Å²) in [5, 5.41) is 6.90. The van der Waals surface area contributed by atoms with Crippen LogP contribution in [-0.2, 0) is 22.6 Å². The summed E-state index contributed by atoms with van der Waals surface area (Å²) in [4.78, 5) is 42.9. The summed E-state index contributed by atoms with van der Waals surface area (Å²) in [5.41, 5.74) is 4.04. The van der Waals surface area contributed by atoms with Crippen molar-refractivity contribution in [2.45, 2.75) is 44.3 Å². The Morgan fingerprint density at radius 1 is 1.11 bits per heavy atom. The van der Waals surface area contributed by atoms with Crippen molar-refractivity contribution < 1.29 is 23.9 Å². The Bertz CT molecular complexity index is 1300. The number of aromatic nitrogens is 1. The third-order valence-electron chi connectivity index (χ3n) is 6.74. The maximum atomic E-state index is 12.9. The fraction of sp³-hybridized carbons (Fsp3) is 0.346. The number of amides is 4. The number of hydrogen-bond donors (Lipinski definition) is 3. The maximum Gasteiger partial charge on any atom is 0.325 e. The van der Waals surface area contributed by atoms with Gasteiger partial charge in [-0.1, -0.05) is 24.3 Å². The van der Waals surface area contributed by atoms with Crippen molar-refractivity contribution in [3.05, 3.63) is 59.3 Å². The number of urea groups is 1. The van der Waals surface area contributed by atoms with E-state index in [4.69, 9.17) is 9.47 Å². The van der Waals surface area contributed by atoms with Crippen molar-refractivity contribution >= 4 is 28.7 Å². The van der Waals surface area contributed by atoms with Gasteiger partial charge in [-0.2, -0.15) is 0 Å². The second-order valence-electron chi connectivity index (χ2n) is 8.90. The van der Waals surface area contributed by atoms with E-state index in [0.29, 0.717) is 17.1 Å². The quantitative estimate of drug-likeness (QED) is 0.454. The first-order valence-corrected chi connectivity index (χ1v) is 11.7. The molecule has 182 valence electrons. The Hall–Kier alpha value is -4.01. The Morgan fingerprint density at radius 3 is 2.71 bits per heavy atom. The van der Waals surface area contributed by atoms with Crippen LogP contribution in [-0.4, -0.2) is 48.0 Å². The van der Waals surface area contributed by atoms with E-state index in [1.165, 1.54) is 25.2 Å². The molecule has 2 aliphatic rings. The molecule has 35 heavy (non-hydrogen) atoms. The van der Waals surface area contributed by atoms with Gasteiger partial charge in [-0.15, -0.1) is 0 Å². The number of ether oxygens (including phenoxy) is 2. The van der Waals surface area contributed by atoms with Crippen LogP contribution in [0.3, 0.4) is 0 Å². The second kappa shape index (κ2) is 9.32. The zero-order chi connectivity index (χ0) is 24.5. The number of imide groups is 1. The number of benzene rings is 2. The first-order chi connectivity index (χ1) is 17.0. The van der Waals surface area contributed by atoms with Gasteiger partial charge in [0.25, 0.3) is 5.91 Å². The van der Waals surface area contributed by atoms with Crippen molar-refractivity contribution in [1.82, 2.24) is 20.5 Å². The van der Waals surface area contributed by atoms with Crippen LogP contribution in [0.25, 0.3) is 10.9 Å². The summed E-state index contributed by atoms with van der Waals surface area (Å²) < 4.78 is 10.5. The van der Waals surface area contributed by atoms with Crippen LogP contribution in [0.15, 0.2) is 42.5 Å². The van der Waals surface area contributed by atoms with E-state index in [2.05, 4.69) is 21.7 Å². The molecular weight excluding hydrogens is 448 g/mol. The fourth-order valence-corrected chi connectivity index (χ4v) is 5.02. The SMILES string of the molecule is COc1ccc(CN2C(=O)N[C@@H](CC(=O)N[C@@H]3CCCc4c3[nH]c3ccccc43)C2=O)cc1OC. The number of H-pyrrole nitrogens is 1. The minimum absolute atomic E-state index is 0.0736. The molecule has 2 heterocycles. The third-order valence-corrected chi connectivity index (χ3v) is 6.74. The number of para-hydroxylation sites is 1. The van der Waals surface area contributed by atoms with Crippen LogP contribution in [0.1, 0.15) is 42.1 Å². The maximum absolute atomic E-state index is 12.9. The highest BCUT2D eigenvalue weighted by Crippen LogP contribution is 2.35. The van der Waals surface area contributed by atoms with Gasteiger partial charge in [0.2, 0.25) is 5.91 Å². The Labute approximate surface area is 202 Å². The van der Waals surface area contributed by atoms with E-state index >= 15 is 0 Å². The van der Waals surface area contributed by atoms with Crippen LogP contribution in [0.4, 0.5) is 4.79 Å². The average Bonchev–Trinajstić information content (AvgIpc) is 3.37. The molecule has 0 bridgehead atoms. The Morgan fingerprint density at radius 2 is 1.91 bits per heavy atom. The van der Waals surface area contributed by atoms with Crippen molar-refractivity contribution in [2.75, 3.05) is 14.2 Å². The molecule has 9 heteroatoms. The number of fused-ring (bicyclic) bond motifs is 3. The standard InChI is InChI=1S/C26H28N4O5/c1-34-21-11-10-15(12-22(21)35-2)14-30-25(32)20(29-26(30)33)13-23(31)27-19-9-5-7-17-16-6-3-4-8-18(16)28-24(17)19/h3-4,6,8,10-12,19-20,28H,5,7,9,13-14H2,1-2H3,(H,27,31)(H,29,33)/t19-,20+/m1/s1. The number of nitrogens with zero attached hydrogens (tertiary/aromatic N) is 1. The number of aromatic amines is 1. The van der Waals surface area contributed by atoms with E-state index in [1.807, 2.05) is 18.2 Å². The molecule has 3 aromatic rings. The fourth-order valence-electron chi connectivity index (χ4n) is 5.02. The van der Waals surface area contributed by atoms with Crippen molar-refractivity contribution in [3.8, 4) is 11.5 Å². The number of rotatable bonds is 7. The summed E-state index contributed by atoms with van der Waals surface area (Å²) in [5.74, 6) is 0.378. The molecule has 0 saturated carbocycles. The number of carbonyl (C=O) groups excluding carboxylic acids is 3. The molecule has 1 aliphatic carbocycles. The van der Waals surface area contributed by atoms with Crippen LogP contribution in [0.5, 0.6) is 11.5 Å². The van der Waals surface area contributed by atoms with Crippen LogP contribution in [0.2, 0.25) is 0 Å². The Kier molecular flexibility index (Phi) is 6.07. The average molecular weight is 477 g/mol. The highest BCUT2D eigenvalue weighted by molar-refractivity contribution is 6.05. The lowest BCUT2D eigenvalue weighted by molar-refractivity contribution is -0.131. The minimum atomic E-state index is -0.895. The summed E-state index contributed by atoms with van der Waals surface area (Å²) in [7, 11) is 3.06. The van der Waals surface area contributed by atoms with E-state index in [1.54, 1.807) is 18.2 Å². The predicted molar refractivity (Wildman–Crippen MR) is 129 cm³/mol. The van der Waals surface area contributed by atoms with E-state index < -0.39 is 18.0 Å². The molecule has 0 spiro atoms. The molecule has 2 aromatic carbocycles. The largest absolute Gasteiger partial charge is 0.493 e.